The monoisotopic (exact) mass is 313 g/mol. The van der Waals surface area contributed by atoms with E-state index in [2.05, 4.69) is 39.9 Å². The number of carbonyl (C=O) groups is 1. The molecule has 1 aromatic carbocycles. The highest BCUT2D eigenvalue weighted by molar-refractivity contribution is 5.77. The minimum atomic E-state index is 0.367. The number of likely N-dealkylation sites (N-methyl/N-ethyl adjacent to an activating group) is 1. The number of amides is 1. The minimum absolute atomic E-state index is 0.367. The van der Waals surface area contributed by atoms with Crippen molar-refractivity contribution in [2.24, 2.45) is 5.92 Å². The van der Waals surface area contributed by atoms with Gasteiger partial charge < -0.3 is 14.7 Å². The van der Waals surface area contributed by atoms with E-state index in [-0.39, 0.29) is 0 Å². The lowest BCUT2D eigenvalue weighted by molar-refractivity contribution is -0.132. The largest absolute Gasteiger partial charge is 0.369 e. The Morgan fingerprint density at radius 3 is 2.65 bits per heavy atom. The van der Waals surface area contributed by atoms with Crippen molar-refractivity contribution in [2.45, 2.75) is 32.2 Å². The molecule has 1 aliphatic carbocycles. The van der Waals surface area contributed by atoms with Gasteiger partial charge in [-0.15, -0.1) is 0 Å². The Morgan fingerprint density at radius 1 is 1.13 bits per heavy atom. The number of piperazine rings is 1. The molecule has 23 heavy (non-hydrogen) atoms. The molecule has 2 heterocycles. The number of carbonyl (C=O) groups excluding carboxylic acids is 1. The lowest BCUT2D eigenvalue weighted by Gasteiger charge is -2.38. The Morgan fingerprint density at radius 2 is 1.91 bits per heavy atom. The SMILES string of the molecule is CN1CCN(c2cccc3c2CN(C(=O)CC2CC2)CC3)CC1. The lowest BCUT2D eigenvalue weighted by atomic mass is 9.96. The molecule has 4 heteroatoms. The zero-order chi connectivity index (χ0) is 15.8. The molecule has 1 saturated heterocycles. The maximum atomic E-state index is 12.5. The van der Waals surface area contributed by atoms with Gasteiger partial charge in [-0.3, -0.25) is 4.79 Å². The third-order valence-electron chi connectivity index (χ3n) is 5.61. The summed E-state index contributed by atoms with van der Waals surface area (Å²) >= 11 is 0. The van der Waals surface area contributed by atoms with Gasteiger partial charge in [0, 0.05) is 51.4 Å². The molecular weight excluding hydrogens is 286 g/mol. The van der Waals surface area contributed by atoms with E-state index in [1.165, 1.54) is 29.7 Å². The van der Waals surface area contributed by atoms with E-state index in [9.17, 15) is 4.79 Å². The molecule has 1 aromatic rings. The Hall–Kier alpha value is -1.55. The summed E-state index contributed by atoms with van der Waals surface area (Å²) in [5.41, 5.74) is 4.20. The van der Waals surface area contributed by atoms with Crippen molar-refractivity contribution in [3.63, 3.8) is 0 Å². The van der Waals surface area contributed by atoms with Gasteiger partial charge in [0.15, 0.2) is 0 Å². The summed E-state index contributed by atoms with van der Waals surface area (Å²) in [6.07, 6.45) is 4.28. The minimum Gasteiger partial charge on any atom is -0.369 e. The first-order chi connectivity index (χ1) is 11.2. The van der Waals surface area contributed by atoms with Crippen LogP contribution in [-0.2, 0) is 17.8 Å². The van der Waals surface area contributed by atoms with E-state index in [0.717, 1.165) is 52.1 Å². The van der Waals surface area contributed by atoms with E-state index < -0.39 is 0 Å². The molecule has 0 aromatic heterocycles. The van der Waals surface area contributed by atoms with Crippen molar-refractivity contribution in [1.29, 1.82) is 0 Å². The van der Waals surface area contributed by atoms with Crippen LogP contribution in [0.25, 0.3) is 0 Å². The Labute approximate surface area is 139 Å². The number of hydrogen-bond acceptors (Lipinski definition) is 3. The smallest absolute Gasteiger partial charge is 0.223 e. The van der Waals surface area contributed by atoms with Crippen LogP contribution in [0.15, 0.2) is 18.2 Å². The molecule has 0 spiro atoms. The normalized spacial score (nSPS) is 22.1. The van der Waals surface area contributed by atoms with Crippen LogP contribution in [0.5, 0.6) is 0 Å². The second-order valence-electron chi connectivity index (χ2n) is 7.42. The third-order valence-corrected chi connectivity index (χ3v) is 5.61. The van der Waals surface area contributed by atoms with Gasteiger partial charge in [0.25, 0.3) is 0 Å². The fourth-order valence-electron chi connectivity index (χ4n) is 3.82. The molecule has 1 amide bonds. The lowest BCUT2D eigenvalue weighted by Crippen LogP contribution is -2.45. The van der Waals surface area contributed by atoms with Crippen molar-refractivity contribution in [2.75, 3.05) is 44.7 Å². The molecule has 4 rings (SSSR count). The molecule has 124 valence electrons. The maximum absolute atomic E-state index is 12.5. The first-order valence-electron chi connectivity index (χ1n) is 9.03. The van der Waals surface area contributed by atoms with E-state index in [4.69, 9.17) is 0 Å². The molecule has 0 unspecified atom stereocenters. The van der Waals surface area contributed by atoms with E-state index in [0.29, 0.717) is 11.8 Å². The summed E-state index contributed by atoms with van der Waals surface area (Å²) < 4.78 is 0. The van der Waals surface area contributed by atoms with Crippen LogP contribution in [0.4, 0.5) is 5.69 Å². The molecule has 2 aliphatic heterocycles. The quantitative estimate of drug-likeness (QED) is 0.855. The fraction of sp³-hybridized carbons (Fsp3) is 0.632. The van der Waals surface area contributed by atoms with Crippen LogP contribution in [0.2, 0.25) is 0 Å². The topological polar surface area (TPSA) is 26.8 Å². The first-order valence-corrected chi connectivity index (χ1v) is 9.03. The fourth-order valence-corrected chi connectivity index (χ4v) is 3.82. The molecule has 3 aliphatic rings. The summed E-state index contributed by atoms with van der Waals surface area (Å²) in [6, 6.07) is 6.69. The molecule has 0 N–H and O–H groups in total. The average Bonchev–Trinajstić information content (AvgIpc) is 3.38. The highest BCUT2D eigenvalue weighted by Crippen LogP contribution is 2.35. The van der Waals surface area contributed by atoms with Crippen LogP contribution in [-0.4, -0.2) is 55.5 Å². The number of hydrogen-bond donors (Lipinski definition) is 0. The summed E-state index contributed by atoms with van der Waals surface area (Å²) in [5, 5.41) is 0. The Balaban J connectivity index is 1.53. The van der Waals surface area contributed by atoms with Crippen molar-refractivity contribution < 1.29 is 4.79 Å². The molecule has 0 bridgehead atoms. The molecule has 0 radical (unpaired) electrons. The van der Waals surface area contributed by atoms with Gasteiger partial charge in [-0.05, 0) is 49.4 Å². The predicted octanol–water partition coefficient (Wildman–Crippen LogP) is 2.12. The summed E-state index contributed by atoms with van der Waals surface area (Å²) in [5.74, 6) is 1.04. The number of rotatable bonds is 3. The summed E-state index contributed by atoms with van der Waals surface area (Å²) in [4.78, 5) is 19.5. The van der Waals surface area contributed by atoms with Crippen LogP contribution in [0, 0.1) is 5.92 Å². The van der Waals surface area contributed by atoms with Crippen molar-refractivity contribution in [1.82, 2.24) is 9.80 Å². The molecule has 2 fully saturated rings. The maximum Gasteiger partial charge on any atom is 0.223 e. The second-order valence-corrected chi connectivity index (χ2v) is 7.42. The highest BCUT2D eigenvalue weighted by Gasteiger charge is 2.30. The molecule has 0 atom stereocenters. The van der Waals surface area contributed by atoms with Gasteiger partial charge in [0.2, 0.25) is 5.91 Å². The standard InChI is InChI=1S/C19H27N3O/c1-20-9-11-21(12-10-20)18-4-2-3-16-7-8-22(14-17(16)18)19(23)13-15-5-6-15/h2-4,15H,5-14H2,1H3. The van der Waals surface area contributed by atoms with Gasteiger partial charge in [0.1, 0.15) is 0 Å². The van der Waals surface area contributed by atoms with Gasteiger partial charge >= 0.3 is 0 Å². The van der Waals surface area contributed by atoms with Crippen molar-refractivity contribution >= 4 is 11.6 Å². The van der Waals surface area contributed by atoms with Gasteiger partial charge in [0.05, 0.1) is 0 Å². The van der Waals surface area contributed by atoms with Crippen LogP contribution < -0.4 is 4.90 Å². The van der Waals surface area contributed by atoms with Crippen LogP contribution in [0.1, 0.15) is 30.4 Å². The Kier molecular flexibility index (Phi) is 4.02. The summed E-state index contributed by atoms with van der Waals surface area (Å²) in [7, 11) is 2.19. The van der Waals surface area contributed by atoms with E-state index in [1.807, 2.05) is 0 Å². The second kappa shape index (κ2) is 6.16. The number of fused-ring (bicyclic) bond motifs is 1. The van der Waals surface area contributed by atoms with Gasteiger partial charge in [-0.25, -0.2) is 0 Å². The highest BCUT2D eigenvalue weighted by atomic mass is 16.2. The number of anilines is 1. The van der Waals surface area contributed by atoms with Crippen LogP contribution >= 0.6 is 0 Å². The van der Waals surface area contributed by atoms with Crippen molar-refractivity contribution in [3.8, 4) is 0 Å². The summed E-state index contributed by atoms with van der Waals surface area (Å²) in [6.45, 7) is 6.11. The average molecular weight is 313 g/mol. The van der Waals surface area contributed by atoms with Gasteiger partial charge in [-0.2, -0.15) is 0 Å². The number of nitrogens with zero attached hydrogens (tertiary/aromatic N) is 3. The first kappa shape index (κ1) is 15.0. The third kappa shape index (κ3) is 3.23. The molecular formula is C19H27N3O. The number of benzene rings is 1. The zero-order valence-corrected chi connectivity index (χ0v) is 14.1. The van der Waals surface area contributed by atoms with E-state index in [1.54, 1.807) is 0 Å². The molecule has 1 saturated carbocycles. The predicted molar refractivity (Wildman–Crippen MR) is 92.6 cm³/mol. The van der Waals surface area contributed by atoms with E-state index >= 15 is 0 Å². The van der Waals surface area contributed by atoms with Gasteiger partial charge in [-0.1, -0.05) is 12.1 Å². The van der Waals surface area contributed by atoms with Crippen molar-refractivity contribution in [3.05, 3.63) is 29.3 Å². The Bertz CT molecular complexity index is 588. The zero-order valence-electron chi connectivity index (χ0n) is 14.1. The van der Waals surface area contributed by atoms with Crippen LogP contribution in [0.3, 0.4) is 0 Å². The molecule has 4 nitrogen and oxygen atoms in total.